The van der Waals surface area contributed by atoms with E-state index in [-0.39, 0.29) is 17.6 Å². The van der Waals surface area contributed by atoms with Crippen LogP contribution in [0, 0.1) is 0 Å². The van der Waals surface area contributed by atoms with Gasteiger partial charge in [0.15, 0.2) is 11.0 Å². The molecule has 0 fully saturated rings. The third-order valence-corrected chi connectivity index (χ3v) is 5.77. The lowest BCUT2D eigenvalue weighted by atomic mass is 10.2. The maximum absolute atomic E-state index is 12.2. The molecule has 2 aromatic heterocycles. The van der Waals surface area contributed by atoms with E-state index in [4.69, 9.17) is 0 Å². The number of hydrogen-bond acceptors (Lipinski definition) is 8. The Morgan fingerprint density at radius 1 is 1.14 bits per heavy atom. The number of aryl methyl sites for hydroxylation is 1. The molecular formula is C18H21N7O2S2. The number of hydrogen-bond donors (Lipinski definition) is 2. The molecular weight excluding hydrogens is 410 g/mol. The predicted molar refractivity (Wildman–Crippen MR) is 114 cm³/mol. The smallest absolute Gasteiger partial charge is 0.236 e. The van der Waals surface area contributed by atoms with Crippen molar-refractivity contribution in [3.05, 3.63) is 29.3 Å². The Balaban J connectivity index is 1.69. The van der Waals surface area contributed by atoms with Crippen molar-refractivity contribution in [2.45, 2.75) is 38.9 Å². The monoisotopic (exact) mass is 431 g/mol. The van der Waals surface area contributed by atoms with Gasteiger partial charge in [-0.2, -0.15) is 0 Å². The molecule has 3 rings (SSSR count). The summed E-state index contributed by atoms with van der Waals surface area (Å²) in [5.41, 5.74) is 1.53. The van der Waals surface area contributed by atoms with Crippen molar-refractivity contribution in [3.63, 3.8) is 0 Å². The Labute approximate surface area is 176 Å². The summed E-state index contributed by atoms with van der Waals surface area (Å²) in [6, 6.07) is 7.42. The number of nitrogens with zero attached hydrogens (tertiary/aromatic N) is 5. The molecule has 2 heterocycles. The van der Waals surface area contributed by atoms with Gasteiger partial charge in [0.2, 0.25) is 16.9 Å². The number of thioether (sulfide) groups is 1. The lowest BCUT2D eigenvalue weighted by Crippen LogP contribution is -2.14. The summed E-state index contributed by atoms with van der Waals surface area (Å²) in [4.78, 5) is 23.5. The normalized spacial score (nSPS) is 10.7. The molecule has 0 saturated heterocycles. The van der Waals surface area contributed by atoms with E-state index in [0.29, 0.717) is 28.3 Å². The van der Waals surface area contributed by atoms with Crippen LogP contribution < -0.4 is 10.6 Å². The second kappa shape index (κ2) is 9.61. The zero-order valence-electron chi connectivity index (χ0n) is 16.3. The van der Waals surface area contributed by atoms with Gasteiger partial charge in [0, 0.05) is 24.7 Å². The minimum absolute atomic E-state index is 0.136. The Kier molecular flexibility index (Phi) is 6.94. The van der Waals surface area contributed by atoms with Crippen LogP contribution in [0.2, 0.25) is 0 Å². The van der Waals surface area contributed by atoms with Crippen molar-refractivity contribution in [3.8, 4) is 11.4 Å². The Morgan fingerprint density at radius 3 is 2.66 bits per heavy atom. The zero-order valence-corrected chi connectivity index (χ0v) is 17.9. The predicted octanol–water partition coefficient (Wildman–Crippen LogP) is 3.07. The Morgan fingerprint density at radius 2 is 1.97 bits per heavy atom. The second-order valence-electron chi connectivity index (χ2n) is 6.00. The number of aromatic nitrogens is 5. The first kappa shape index (κ1) is 20.9. The molecule has 0 bridgehead atoms. The Hall–Kier alpha value is -2.79. The number of nitrogens with one attached hydrogen (secondary N) is 2. The highest BCUT2D eigenvalue weighted by molar-refractivity contribution is 7.99. The van der Waals surface area contributed by atoms with E-state index in [9.17, 15) is 9.59 Å². The molecule has 1 aromatic carbocycles. The van der Waals surface area contributed by atoms with Gasteiger partial charge in [-0.25, -0.2) is 0 Å². The van der Waals surface area contributed by atoms with E-state index in [2.05, 4.69) is 31.0 Å². The van der Waals surface area contributed by atoms with Gasteiger partial charge >= 0.3 is 0 Å². The number of amides is 2. The number of carbonyl (C=O) groups is 2. The van der Waals surface area contributed by atoms with Gasteiger partial charge < -0.3 is 9.88 Å². The van der Waals surface area contributed by atoms with E-state index in [1.165, 1.54) is 30.0 Å². The van der Waals surface area contributed by atoms with Crippen molar-refractivity contribution in [1.29, 1.82) is 0 Å². The lowest BCUT2D eigenvalue weighted by molar-refractivity contribution is -0.114. The zero-order chi connectivity index (χ0) is 20.8. The molecule has 0 spiro atoms. The van der Waals surface area contributed by atoms with Gasteiger partial charge in [-0.1, -0.05) is 42.2 Å². The molecule has 0 atom stereocenters. The molecule has 2 amide bonds. The number of rotatable bonds is 8. The molecule has 152 valence electrons. The van der Waals surface area contributed by atoms with Crippen molar-refractivity contribution in [1.82, 2.24) is 25.0 Å². The minimum atomic E-state index is -0.173. The number of benzene rings is 1. The fourth-order valence-corrected chi connectivity index (χ4v) is 4.06. The standard InChI is InChI=1S/C18H21N7O2S2/c1-4-15-21-23-17(29-15)20-14(27)10-28-18-24-22-16(25(18)5-2)12-7-6-8-13(9-12)19-11(3)26/h6-9H,4-5,10H2,1-3H3,(H,19,26)(H,20,23,27). The molecule has 3 aromatic rings. The summed E-state index contributed by atoms with van der Waals surface area (Å²) in [6.45, 7) is 6.09. The largest absolute Gasteiger partial charge is 0.326 e. The van der Waals surface area contributed by atoms with Gasteiger partial charge in [-0.3, -0.25) is 14.9 Å². The van der Waals surface area contributed by atoms with Crippen LogP contribution in [0.4, 0.5) is 10.8 Å². The van der Waals surface area contributed by atoms with E-state index < -0.39 is 0 Å². The van der Waals surface area contributed by atoms with E-state index >= 15 is 0 Å². The first-order valence-corrected chi connectivity index (χ1v) is 10.9. The van der Waals surface area contributed by atoms with Crippen molar-refractivity contribution in [2.24, 2.45) is 0 Å². The third-order valence-electron chi connectivity index (χ3n) is 3.82. The maximum Gasteiger partial charge on any atom is 0.236 e. The van der Waals surface area contributed by atoms with Crippen molar-refractivity contribution < 1.29 is 9.59 Å². The van der Waals surface area contributed by atoms with Gasteiger partial charge in [-0.15, -0.1) is 20.4 Å². The summed E-state index contributed by atoms with van der Waals surface area (Å²) < 4.78 is 1.94. The van der Waals surface area contributed by atoms with Crippen LogP contribution in [0.15, 0.2) is 29.4 Å². The molecule has 29 heavy (non-hydrogen) atoms. The maximum atomic E-state index is 12.2. The van der Waals surface area contributed by atoms with Crippen LogP contribution in [0.1, 0.15) is 25.8 Å². The van der Waals surface area contributed by atoms with Crippen LogP contribution in [-0.4, -0.2) is 42.5 Å². The van der Waals surface area contributed by atoms with E-state index in [1.807, 2.05) is 42.7 Å². The summed E-state index contributed by atoms with van der Waals surface area (Å²) in [5.74, 6) is 0.557. The molecule has 0 aliphatic heterocycles. The molecule has 0 radical (unpaired) electrons. The van der Waals surface area contributed by atoms with Crippen molar-refractivity contribution >= 4 is 45.7 Å². The molecule has 0 saturated carbocycles. The quantitative estimate of drug-likeness (QED) is 0.527. The first-order valence-electron chi connectivity index (χ1n) is 9.06. The van der Waals surface area contributed by atoms with Crippen LogP contribution in [0.5, 0.6) is 0 Å². The SMILES string of the molecule is CCc1nnc(NC(=O)CSc2nnc(-c3cccc(NC(C)=O)c3)n2CC)s1. The van der Waals surface area contributed by atoms with Crippen LogP contribution in [0.25, 0.3) is 11.4 Å². The summed E-state index contributed by atoms with van der Waals surface area (Å²) >= 11 is 2.68. The van der Waals surface area contributed by atoms with Gasteiger partial charge in [0.25, 0.3) is 0 Å². The topological polar surface area (TPSA) is 115 Å². The average Bonchev–Trinajstić information content (AvgIpc) is 3.32. The molecule has 11 heteroatoms. The summed E-state index contributed by atoms with van der Waals surface area (Å²) in [6.07, 6.45) is 0.786. The van der Waals surface area contributed by atoms with E-state index in [1.54, 1.807) is 0 Å². The Bertz CT molecular complexity index is 1020. The van der Waals surface area contributed by atoms with E-state index in [0.717, 1.165) is 17.0 Å². The summed E-state index contributed by atoms with van der Waals surface area (Å²) in [5, 5.41) is 24.0. The molecule has 0 unspecified atom stereocenters. The molecule has 2 N–H and O–H groups in total. The third kappa shape index (κ3) is 5.39. The second-order valence-corrected chi connectivity index (χ2v) is 8.01. The highest BCUT2D eigenvalue weighted by Gasteiger charge is 2.16. The first-order chi connectivity index (χ1) is 14.0. The average molecular weight is 432 g/mol. The van der Waals surface area contributed by atoms with Gasteiger partial charge in [0.1, 0.15) is 5.01 Å². The fourth-order valence-electron chi connectivity index (χ4n) is 2.57. The highest BCUT2D eigenvalue weighted by Crippen LogP contribution is 2.26. The number of carbonyl (C=O) groups excluding carboxylic acids is 2. The highest BCUT2D eigenvalue weighted by atomic mass is 32.2. The van der Waals surface area contributed by atoms with Gasteiger partial charge in [0.05, 0.1) is 5.75 Å². The minimum Gasteiger partial charge on any atom is -0.326 e. The molecule has 0 aliphatic carbocycles. The molecule has 0 aliphatic rings. The van der Waals surface area contributed by atoms with Crippen molar-refractivity contribution in [2.75, 3.05) is 16.4 Å². The van der Waals surface area contributed by atoms with Crippen LogP contribution >= 0.6 is 23.1 Å². The molecule has 9 nitrogen and oxygen atoms in total. The number of anilines is 2. The van der Waals surface area contributed by atoms with Gasteiger partial charge in [-0.05, 0) is 25.5 Å². The van der Waals surface area contributed by atoms with Crippen LogP contribution in [0.3, 0.4) is 0 Å². The summed E-state index contributed by atoms with van der Waals surface area (Å²) in [7, 11) is 0. The van der Waals surface area contributed by atoms with Crippen LogP contribution in [-0.2, 0) is 22.6 Å². The lowest BCUT2D eigenvalue weighted by Gasteiger charge is -2.09. The fraction of sp³-hybridized carbons (Fsp3) is 0.333.